The van der Waals surface area contributed by atoms with Gasteiger partial charge in [0.25, 0.3) is 0 Å². The fourth-order valence-electron chi connectivity index (χ4n) is 4.57. The summed E-state index contributed by atoms with van der Waals surface area (Å²) in [6, 6.07) is 6.27. The van der Waals surface area contributed by atoms with Gasteiger partial charge in [0.15, 0.2) is 5.78 Å². The molecule has 0 saturated heterocycles. The van der Waals surface area contributed by atoms with Gasteiger partial charge >= 0.3 is 0 Å². The maximum Gasteiger partial charge on any atom is 0.159 e. The topological polar surface area (TPSA) is 34.1 Å². The smallest absolute Gasteiger partial charge is 0.159 e. The highest BCUT2D eigenvalue weighted by Gasteiger charge is 2.44. The Morgan fingerprint density at radius 1 is 1.33 bits per heavy atom. The maximum absolute atomic E-state index is 11.9. The first-order valence-corrected chi connectivity index (χ1v) is 8.23. The SMILES string of the molecule is CC[C@@]12CCC(=O)C[C@@H]1CCCc1cc(C(C)=O)ccc12. The summed E-state index contributed by atoms with van der Waals surface area (Å²) in [7, 11) is 0. The molecule has 0 aliphatic heterocycles. The molecule has 2 aliphatic carbocycles. The molecule has 1 aromatic rings. The predicted molar refractivity (Wildman–Crippen MR) is 83.7 cm³/mol. The molecular weight excluding hydrogens is 260 g/mol. The van der Waals surface area contributed by atoms with Crippen LogP contribution in [0.1, 0.15) is 73.9 Å². The summed E-state index contributed by atoms with van der Waals surface area (Å²) in [5, 5.41) is 0. The number of ketones is 2. The van der Waals surface area contributed by atoms with E-state index >= 15 is 0 Å². The normalized spacial score (nSPS) is 28.5. The summed E-state index contributed by atoms with van der Waals surface area (Å²) < 4.78 is 0. The average molecular weight is 284 g/mol. The Hall–Kier alpha value is -1.44. The first-order chi connectivity index (χ1) is 10.1. The standard InChI is InChI=1S/C19H24O2/c1-3-19-10-9-17(21)12-16(19)6-4-5-15-11-14(13(2)20)7-8-18(15)19/h7-8,11,16H,3-6,9-10,12H2,1-2H3/t16-,19+/m0/s1. The Balaban J connectivity index is 2.11. The molecule has 0 bridgehead atoms. The monoisotopic (exact) mass is 284 g/mol. The van der Waals surface area contributed by atoms with Crippen molar-refractivity contribution in [2.45, 2.75) is 64.2 Å². The van der Waals surface area contributed by atoms with Gasteiger partial charge in [-0.15, -0.1) is 0 Å². The van der Waals surface area contributed by atoms with E-state index in [1.165, 1.54) is 11.1 Å². The molecule has 0 heterocycles. The van der Waals surface area contributed by atoms with Gasteiger partial charge in [-0.2, -0.15) is 0 Å². The van der Waals surface area contributed by atoms with Crippen molar-refractivity contribution in [2.24, 2.45) is 5.92 Å². The average Bonchev–Trinajstić information content (AvgIpc) is 2.63. The Morgan fingerprint density at radius 2 is 2.14 bits per heavy atom. The lowest BCUT2D eigenvalue weighted by atomic mass is 9.60. The predicted octanol–water partition coefficient (Wildman–Crippen LogP) is 4.24. The number of aryl methyl sites for hydroxylation is 1. The molecule has 3 rings (SSSR count). The molecule has 0 amide bonds. The molecule has 0 unspecified atom stereocenters. The van der Waals surface area contributed by atoms with Crippen LogP contribution in [0.3, 0.4) is 0 Å². The highest BCUT2D eigenvalue weighted by atomic mass is 16.1. The van der Waals surface area contributed by atoms with Crippen LogP contribution in [0.5, 0.6) is 0 Å². The van der Waals surface area contributed by atoms with Crippen molar-refractivity contribution in [3.63, 3.8) is 0 Å². The minimum absolute atomic E-state index is 0.142. The van der Waals surface area contributed by atoms with E-state index in [4.69, 9.17) is 0 Å². The number of fused-ring (bicyclic) bond motifs is 3. The Kier molecular flexibility index (Phi) is 3.73. The van der Waals surface area contributed by atoms with Gasteiger partial charge in [-0.25, -0.2) is 0 Å². The van der Waals surface area contributed by atoms with Gasteiger partial charge < -0.3 is 0 Å². The lowest BCUT2D eigenvalue weighted by Gasteiger charge is -2.43. The molecular formula is C19H24O2. The van der Waals surface area contributed by atoms with Crippen LogP contribution in [0.2, 0.25) is 0 Å². The van der Waals surface area contributed by atoms with Crippen molar-refractivity contribution in [3.05, 3.63) is 34.9 Å². The third-order valence-corrected chi connectivity index (χ3v) is 5.78. The highest BCUT2D eigenvalue weighted by Crippen LogP contribution is 2.50. The molecule has 21 heavy (non-hydrogen) atoms. The summed E-state index contributed by atoms with van der Waals surface area (Å²) in [4.78, 5) is 23.5. The summed E-state index contributed by atoms with van der Waals surface area (Å²) in [6.45, 7) is 3.90. The lowest BCUT2D eigenvalue weighted by Crippen LogP contribution is -2.40. The molecule has 2 heteroatoms. The molecule has 2 aliphatic rings. The van der Waals surface area contributed by atoms with Crippen molar-refractivity contribution >= 4 is 11.6 Å². The van der Waals surface area contributed by atoms with Crippen LogP contribution in [0.4, 0.5) is 0 Å². The Labute approximate surface area is 126 Å². The van der Waals surface area contributed by atoms with E-state index < -0.39 is 0 Å². The van der Waals surface area contributed by atoms with E-state index in [1.807, 2.05) is 6.07 Å². The van der Waals surface area contributed by atoms with Gasteiger partial charge in [0.2, 0.25) is 0 Å². The molecule has 0 N–H and O–H groups in total. The van der Waals surface area contributed by atoms with Crippen LogP contribution in [0, 0.1) is 5.92 Å². The number of benzene rings is 1. The van der Waals surface area contributed by atoms with E-state index in [-0.39, 0.29) is 11.2 Å². The van der Waals surface area contributed by atoms with Gasteiger partial charge in [0.05, 0.1) is 0 Å². The number of carbonyl (C=O) groups excluding carboxylic acids is 2. The van der Waals surface area contributed by atoms with Crippen molar-refractivity contribution in [3.8, 4) is 0 Å². The zero-order valence-corrected chi connectivity index (χ0v) is 13.1. The summed E-state index contributed by atoms with van der Waals surface area (Å²) in [5.74, 6) is 1.07. The van der Waals surface area contributed by atoms with Gasteiger partial charge in [0.1, 0.15) is 5.78 Å². The number of hydrogen-bond donors (Lipinski definition) is 0. The summed E-state index contributed by atoms with van der Waals surface area (Å²) in [6.07, 6.45) is 6.87. The summed E-state index contributed by atoms with van der Waals surface area (Å²) >= 11 is 0. The largest absolute Gasteiger partial charge is 0.300 e. The first-order valence-electron chi connectivity index (χ1n) is 8.23. The van der Waals surface area contributed by atoms with Crippen LogP contribution >= 0.6 is 0 Å². The second-order valence-corrected chi connectivity index (χ2v) is 6.77. The van der Waals surface area contributed by atoms with E-state index in [9.17, 15) is 9.59 Å². The minimum Gasteiger partial charge on any atom is -0.300 e. The van der Waals surface area contributed by atoms with Gasteiger partial charge in [-0.05, 0) is 67.6 Å². The molecule has 112 valence electrons. The number of carbonyl (C=O) groups is 2. The molecule has 0 radical (unpaired) electrons. The van der Waals surface area contributed by atoms with E-state index in [1.54, 1.807) is 6.92 Å². The van der Waals surface area contributed by atoms with Crippen molar-refractivity contribution < 1.29 is 9.59 Å². The van der Waals surface area contributed by atoms with Crippen molar-refractivity contribution in [1.82, 2.24) is 0 Å². The zero-order valence-electron chi connectivity index (χ0n) is 13.1. The van der Waals surface area contributed by atoms with Gasteiger partial charge in [-0.3, -0.25) is 9.59 Å². The molecule has 1 fully saturated rings. The second kappa shape index (κ2) is 5.40. The number of Topliss-reactive ketones (excluding diaryl/α,β-unsaturated/α-hetero) is 2. The molecule has 1 aromatic carbocycles. The lowest BCUT2D eigenvalue weighted by molar-refractivity contribution is -0.123. The van der Waals surface area contributed by atoms with Gasteiger partial charge in [0, 0.05) is 18.4 Å². The number of rotatable bonds is 2. The van der Waals surface area contributed by atoms with Crippen LogP contribution in [0.25, 0.3) is 0 Å². The Bertz CT molecular complexity index is 587. The molecule has 0 aromatic heterocycles. The maximum atomic E-state index is 11.9. The fraction of sp³-hybridized carbons (Fsp3) is 0.579. The quantitative estimate of drug-likeness (QED) is 0.761. The van der Waals surface area contributed by atoms with E-state index in [2.05, 4.69) is 19.1 Å². The van der Waals surface area contributed by atoms with Crippen molar-refractivity contribution in [2.75, 3.05) is 0 Å². The summed E-state index contributed by atoms with van der Waals surface area (Å²) in [5.41, 5.74) is 3.76. The molecule has 2 atom stereocenters. The first kappa shape index (κ1) is 14.5. The molecule has 0 spiro atoms. The molecule has 2 nitrogen and oxygen atoms in total. The fourth-order valence-corrected chi connectivity index (χ4v) is 4.57. The molecule has 1 saturated carbocycles. The van der Waals surface area contributed by atoms with Crippen LogP contribution < -0.4 is 0 Å². The van der Waals surface area contributed by atoms with E-state index in [0.29, 0.717) is 11.7 Å². The van der Waals surface area contributed by atoms with Gasteiger partial charge in [-0.1, -0.05) is 19.1 Å². The second-order valence-electron chi connectivity index (χ2n) is 6.77. The van der Waals surface area contributed by atoms with E-state index in [0.717, 1.165) is 50.5 Å². The third-order valence-electron chi connectivity index (χ3n) is 5.78. The van der Waals surface area contributed by atoms with Crippen LogP contribution in [-0.2, 0) is 16.6 Å². The van der Waals surface area contributed by atoms with Crippen LogP contribution in [0.15, 0.2) is 18.2 Å². The van der Waals surface area contributed by atoms with Crippen LogP contribution in [-0.4, -0.2) is 11.6 Å². The highest BCUT2D eigenvalue weighted by molar-refractivity contribution is 5.94. The number of hydrogen-bond acceptors (Lipinski definition) is 2. The van der Waals surface area contributed by atoms with Crippen molar-refractivity contribution in [1.29, 1.82) is 0 Å². The Morgan fingerprint density at radius 3 is 2.86 bits per heavy atom. The zero-order chi connectivity index (χ0) is 15.0. The minimum atomic E-state index is 0.142. The third kappa shape index (κ3) is 2.35.